The SMILES string of the molecule is CCCCCCNC(=O)N[C@H](CC(N)=O)C(=O)OCCc1ccccc1. The van der Waals surface area contributed by atoms with Gasteiger partial charge in [-0.2, -0.15) is 0 Å². The minimum absolute atomic E-state index is 0.165. The number of unbranched alkanes of at least 4 members (excludes halogenated alkanes) is 3. The van der Waals surface area contributed by atoms with E-state index in [0.717, 1.165) is 31.2 Å². The number of carbonyl (C=O) groups is 3. The van der Waals surface area contributed by atoms with Crippen LogP contribution in [0.2, 0.25) is 0 Å². The average molecular weight is 363 g/mol. The predicted molar refractivity (Wildman–Crippen MR) is 99.4 cm³/mol. The molecule has 7 nitrogen and oxygen atoms in total. The molecule has 0 heterocycles. The lowest BCUT2D eigenvalue weighted by molar-refractivity contribution is -0.147. The minimum Gasteiger partial charge on any atom is -0.464 e. The number of nitrogens with one attached hydrogen (secondary N) is 2. The molecule has 3 amide bonds. The summed E-state index contributed by atoms with van der Waals surface area (Å²) in [5.74, 6) is -1.35. The summed E-state index contributed by atoms with van der Waals surface area (Å²) in [6.07, 6.45) is 4.38. The van der Waals surface area contributed by atoms with E-state index < -0.39 is 23.9 Å². The minimum atomic E-state index is -1.08. The molecule has 1 aromatic rings. The van der Waals surface area contributed by atoms with Crippen LogP contribution in [0.3, 0.4) is 0 Å². The fraction of sp³-hybridized carbons (Fsp3) is 0.526. The monoisotopic (exact) mass is 363 g/mol. The van der Waals surface area contributed by atoms with Crippen LogP contribution in [0, 0.1) is 0 Å². The van der Waals surface area contributed by atoms with Crippen LogP contribution >= 0.6 is 0 Å². The van der Waals surface area contributed by atoms with Gasteiger partial charge in [0.15, 0.2) is 0 Å². The van der Waals surface area contributed by atoms with Gasteiger partial charge in [-0.3, -0.25) is 4.79 Å². The molecule has 26 heavy (non-hydrogen) atoms. The van der Waals surface area contributed by atoms with Crippen LogP contribution in [0.25, 0.3) is 0 Å². The molecule has 0 aliphatic rings. The third-order valence-electron chi connectivity index (χ3n) is 3.79. The van der Waals surface area contributed by atoms with Crippen molar-refractivity contribution in [2.24, 2.45) is 5.73 Å². The second kappa shape index (κ2) is 12.7. The number of hydrogen-bond acceptors (Lipinski definition) is 4. The molecule has 4 N–H and O–H groups in total. The van der Waals surface area contributed by atoms with Gasteiger partial charge in [0.25, 0.3) is 0 Å². The molecule has 1 rings (SSSR count). The zero-order valence-corrected chi connectivity index (χ0v) is 15.3. The molecule has 0 fully saturated rings. The standard InChI is InChI=1S/C19H29N3O4/c1-2-3-4-8-12-21-19(25)22-16(14-17(20)23)18(24)26-13-11-15-9-6-5-7-10-15/h5-7,9-10,16H,2-4,8,11-14H2,1H3,(H2,20,23)(H2,21,22,25)/t16-/m1/s1. The molecule has 0 saturated heterocycles. The normalized spacial score (nSPS) is 11.4. The first kappa shape index (κ1) is 21.5. The van der Waals surface area contributed by atoms with E-state index in [-0.39, 0.29) is 13.0 Å². The van der Waals surface area contributed by atoms with Crippen molar-refractivity contribution in [2.45, 2.75) is 51.5 Å². The van der Waals surface area contributed by atoms with E-state index in [0.29, 0.717) is 13.0 Å². The van der Waals surface area contributed by atoms with Gasteiger partial charge < -0.3 is 21.1 Å². The van der Waals surface area contributed by atoms with Crippen molar-refractivity contribution in [3.63, 3.8) is 0 Å². The summed E-state index contributed by atoms with van der Waals surface area (Å²) in [5, 5.41) is 5.13. The third kappa shape index (κ3) is 9.66. The lowest BCUT2D eigenvalue weighted by atomic mass is 10.1. The van der Waals surface area contributed by atoms with Crippen molar-refractivity contribution in [3.8, 4) is 0 Å². The van der Waals surface area contributed by atoms with Gasteiger partial charge in [0.2, 0.25) is 5.91 Å². The highest BCUT2D eigenvalue weighted by atomic mass is 16.5. The van der Waals surface area contributed by atoms with Crippen molar-refractivity contribution >= 4 is 17.9 Å². The van der Waals surface area contributed by atoms with Gasteiger partial charge in [-0.15, -0.1) is 0 Å². The first-order chi connectivity index (χ1) is 12.5. The molecule has 0 aliphatic heterocycles. The Labute approximate surface area is 154 Å². The van der Waals surface area contributed by atoms with E-state index in [1.54, 1.807) is 0 Å². The average Bonchev–Trinajstić information content (AvgIpc) is 2.61. The van der Waals surface area contributed by atoms with Crippen molar-refractivity contribution in [1.29, 1.82) is 0 Å². The summed E-state index contributed by atoms with van der Waals surface area (Å²) < 4.78 is 5.18. The number of benzene rings is 1. The highest BCUT2D eigenvalue weighted by molar-refractivity contribution is 5.88. The number of nitrogens with two attached hydrogens (primary N) is 1. The third-order valence-corrected chi connectivity index (χ3v) is 3.79. The van der Waals surface area contributed by atoms with Crippen molar-refractivity contribution in [2.75, 3.05) is 13.2 Å². The van der Waals surface area contributed by atoms with Gasteiger partial charge in [-0.05, 0) is 12.0 Å². The molecular weight excluding hydrogens is 334 g/mol. The number of urea groups is 1. The smallest absolute Gasteiger partial charge is 0.329 e. The quantitative estimate of drug-likeness (QED) is 0.389. The first-order valence-electron chi connectivity index (χ1n) is 9.06. The molecule has 1 atom stereocenters. The Hall–Kier alpha value is -2.57. The lowest BCUT2D eigenvalue weighted by Gasteiger charge is -2.17. The molecule has 0 spiro atoms. The van der Waals surface area contributed by atoms with Crippen LogP contribution in [0.5, 0.6) is 0 Å². The number of amides is 3. The molecule has 0 bridgehead atoms. The van der Waals surface area contributed by atoms with E-state index in [4.69, 9.17) is 10.5 Å². The number of hydrogen-bond donors (Lipinski definition) is 3. The molecule has 0 radical (unpaired) electrons. The van der Waals surface area contributed by atoms with Gasteiger partial charge in [-0.1, -0.05) is 56.5 Å². The van der Waals surface area contributed by atoms with E-state index in [1.807, 2.05) is 30.3 Å². The largest absolute Gasteiger partial charge is 0.464 e. The molecule has 1 aromatic carbocycles. The Bertz CT molecular complexity index is 563. The molecular formula is C19H29N3O4. The van der Waals surface area contributed by atoms with E-state index in [1.165, 1.54) is 0 Å². The maximum atomic E-state index is 12.1. The van der Waals surface area contributed by atoms with E-state index in [2.05, 4.69) is 17.6 Å². The number of carbonyl (C=O) groups excluding carboxylic acids is 3. The van der Waals surface area contributed by atoms with Gasteiger partial charge in [0.1, 0.15) is 6.04 Å². The highest BCUT2D eigenvalue weighted by Gasteiger charge is 2.24. The topological polar surface area (TPSA) is 111 Å². The molecule has 0 saturated carbocycles. The molecule has 0 aromatic heterocycles. The zero-order chi connectivity index (χ0) is 19.2. The summed E-state index contributed by atoms with van der Waals surface area (Å²) in [7, 11) is 0. The Morgan fingerprint density at radius 2 is 1.85 bits per heavy atom. The van der Waals surface area contributed by atoms with Crippen molar-refractivity contribution in [1.82, 2.24) is 10.6 Å². The second-order valence-electron chi connectivity index (χ2n) is 6.09. The van der Waals surface area contributed by atoms with Crippen LogP contribution in [0.15, 0.2) is 30.3 Å². The van der Waals surface area contributed by atoms with E-state index in [9.17, 15) is 14.4 Å². The lowest BCUT2D eigenvalue weighted by Crippen LogP contribution is -2.48. The fourth-order valence-electron chi connectivity index (χ4n) is 2.37. The van der Waals surface area contributed by atoms with E-state index >= 15 is 0 Å². The summed E-state index contributed by atoms with van der Waals surface area (Å²) in [5.41, 5.74) is 6.20. The number of primary amides is 1. The molecule has 7 heteroatoms. The van der Waals surface area contributed by atoms with Crippen LogP contribution in [0.4, 0.5) is 4.79 Å². The van der Waals surface area contributed by atoms with Crippen LogP contribution in [-0.4, -0.2) is 37.1 Å². The predicted octanol–water partition coefficient (Wildman–Crippen LogP) is 1.90. The maximum Gasteiger partial charge on any atom is 0.329 e. The van der Waals surface area contributed by atoms with Crippen LogP contribution < -0.4 is 16.4 Å². The molecule has 144 valence electrons. The number of ether oxygens (including phenoxy) is 1. The maximum absolute atomic E-state index is 12.1. The van der Waals surface area contributed by atoms with Gasteiger partial charge >= 0.3 is 12.0 Å². The Kier molecular flexibility index (Phi) is 10.5. The van der Waals surface area contributed by atoms with Crippen molar-refractivity contribution < 1.29 is 19.1 Å². The number of esters is 1. The molecule has 0 unspecified atom stereocenters. The van der Waals surface area contributed by atoms with Crippen molar-refractivity contribution in [3.05, 3.63) is 35.9 Å². The fourth-order valence-corrected chi connectivity index (χ4v) is 2.37. The van der Waals surface area contributed by atoms with Gasteiger partial charge in [-0.25, -0.2) is 9.59 Å². The zero-order valence-electron chi connectivity index (χ0n) is 15.3. The van der Waals surface area contributed by atoms with Gasteiger partial charge in [0, 0.05) is 13.0 Å². The highest BCUT2D eigenvalue weighted by Crippen LogP contribution is 2.02. The summed E-state index contributed by atoms with van der Waals surface area (Å²) in [6.45, 7) is 2.79. The first-order valence-corrected chi connectivity index (χ1v) is 9.06. The Morgan fingerprint density at radius 3 is 2.50 bits per heavy atom. The number of rotatable bonds is 12. The van der Waals surface area contributed by atoms with Crippen LogP contribution in [0.1, 0.15) is 44.6 Å². The Morgan fingerprint density at radius 1 is 1.12 bits per heavy atom. The Balaban J connectivity index is 2.39. The summed E-state index contributed by atoms with van der Waals surface area (Å²) in [6, 6.07) is 7.98. The molecule has 0 aliphatic carbocycles. The second-order valence-corrected chi connectivity index (χ2v) is 6.09. The van der Waals surface area contributed by atoms with Crippen LogP contribution in [-0.2, 0) is 20.7 Å². The van der Waals surface area contributed by atoms with Gasteiger partial charge in [0.05, 0.1) is 13.0 Å². The summed E-state index contributed by atoms with van der Waals surface area (Å²) >= 11 is 0. The summed E-state index contributed by atoms with van der Waals surface area (Å²) in [4.78, 5) is 35.2.